The van der Waals surface area contributed by atoms with E-state index in [1.165, 1.54) is 5.57 Å². The molecular formula is C10H14O. The molecule has 2 unspecified atom stereocenters. The first-order chi connectivity index (χ1) is 5.23. The molecule has 1 N–H and O–H groups in total. The van der Waals surface area contributed by atoms with Crippen molar-refractivity contribution < 1.29 is 5.11 Å². The van der Waals surface area contributed by atoms with Crippen molar-refractivity contribution in [2.45, 2.75) is 32.3 Å². The van der Waals surface area contributed by atoms with Crippen LogP contribution in [0.5, 0.6) is 0 Å². The molecule has 0 fully saturated rings. The second-order valence-electron chi connectivity index (χ2n) is 3.77. The van der Waals surface area contributed by atoms with Gasteiger partial charge in [-0.2, -0.15) is 0 Å². The first kappa shape index (κ1) is 7.11. The van der Waals surface area contributed by atoms with E-state index in [2.05, 4.69) is 25.2 Å². The van der Waals surface area contributed by atoms with E-state index in [-0.39, 0.29) is 11.5 Å². The summed E-state index contributed by atoms with van der Waals surface area (Å²) in [4.78, 5) is 0. The Hall–Kier alpha value is -0.560. The Kier molecular flexibility index (Phi) is 1.43. The summed E-state index contributed by atoms with van der Waals surface area (Å²) in [6, 6.07) is 0. The number of aliphatic hydroxyl groups excluding tert-OH is 1. The van der Waals surface area contributed by atoms with Crippen molar-refractivity contribution >= 4 is 0 Å². The lowest BCUT2D eigenvalue weighted by Gasteiger charge is -2.32. The summed E-state index contributed by atoms with van der Waals surface area (Å²) < 4.78 is 0. The normalized spacial score (nSPS) is 42.0. The zero-order chi connectivity index (χ0) is 7.90. The number of hydrogen-bond donors (Lipinski definition) is 1. The SMILES string of the molecule is CC12CCC=CC1=CCC2O. The van der Waals surface area contributed by atoms with Crippen LogP contribution in [0, 0.1) is 5.41 Å². The van der Waals surface area contributed by atoms with Gasteiger partial charge in [-0.1, -0.05) is 25.2 Å². The molecule has 0 spiro atoms. The highest BCUT2D eigenvalue weighted by Crippen LogP contribution is 2.45. The van der Waals surface area contributed by atoms with Crippen molar-refractivity contribution in [3.8, 4) is 0 Å². The molecule has 0 bridgehead atoms. The molecule has 0 amide bonds. The van der Waals surface area contributed by atoms with Gasteiger partial charge in [0.1, 0.15) is 0 Å². The molecule has 1 heteroatoms. The van der Waals surface area contributed by atoms with Crippen molar-refractivity contribution in [2.24, 2.45) is 5.41 Å². The molecule has 1 nitrogen and oxygen atoms in total. The highest BCUT2D eigenvalue weighted by atomic mass is 16.3. The second-order valence-corrected chi connectivity index (χ2v) is 3.77. The van der Waals surface area contributed by atoms with Crippen LogP contribution < -0.4 is 0 Å². The molecule has 2 atom stereocenters. The van der Waals surface area contributed by atoms with Gasteiger partial charge in [0, 0.05) is 5.41 Å². The highest BCUT2D eigenvalue weighted by Gasteiger charge is 2.39. The molecule has 2 rings (SSSR count). The fourth-order valence-electron chi connectivity index (χ4n) is 2.09. The van der Waals surface area contributed by atoms with Crippen LogP contribution in [0.2, 0.25) is 0 Å². The number of hydrogen-bond acceptors (Lipinski definition) is 1. The molecule has 0 aliphatic heterocycles. The summed E-state index contributed by atoms with van der Waals surface area (Å²) >= 11 is 0. The van der Waals surface area contributed by atoms with Gasteiger partial charge in [-0.05, 0) is 24.8 Å². The van der Waals surface area contributed by atoms with E-state index >= 15 is 0 Å². The van der Waals surface area contributed by atoms with E-state index in [0.717, 1.165) is 19.3 Å². The van der Waals surface area contributed by atoms with Crippen LogP contribution in [0.15, 0.2) is 23.8 Å². The van der Waals surface area contributed by atoms with Crippen molar-refractivity contribution in [3.63, 3.8) is 0 Å². The van der Waals surface area contributed by atoms with Crippen LogP contribution in [-0.4, -0.2) is 11.2 Å². The monoisotopic (exact) mass is 150 g/mol. The highest BCUT2D eigenvalue weighted by molar-refractivity contribution is 5.34. The first-order valence-electron chi connectivity index (χ1n) is 4.29. The maximum absolute atomic E-state index is 9.70. The third-order valence-corrected chi connectivity index (χ3v) is 3.08. The van der Waals surface area contributed by atoms with Gasteiger partial charge in [-0.25, -0.2) is 0 Å². The maximum Gasteiger partial charge on any atom is 0.0668 e. The zero-order valence-electron chi connectivity index (χ0n) is 6.88. The largest absolute Gasteiger partial charge is 0.392 e. The Morgan fingerprint density at radius 1 is 1.64 bits per heavy atom. The fourth-order valence-corrected chi connectivity index (χ4v) is 2.09. The number of rotatable bonds is 0. The van der Waals surface area contributed by atoms with Crippen LogP contribution in [0.25, 0.3) is 0 Å². The molecule has 0 radical (unpaired) electrons. The molecule has 0 saturated carbocycles. The van der Waals surface area contributed by atoms with Gasteiger partial charge >= 0.3 is 0 Å². The average molecular weight is 150 g/mol. The topological polar surface area (TPSA) is 20.2 Å². The van der Waals surface area contributed by atoms with E-state index in [1.54, 1.807) is 0 Å². The second kappa shape index (κ2) is 2.21. The summed E-state index contributed by atoms with van der Waals surface area (Å²) in [6.45, 7) is 2.17. The number of aliphatic hydroxyl groups is 1. The predicted octanol–water partition coefficient (Wildman–Crippen LogP) is 2.03. The Morgan fingerprint density at radius 3 is 3.18 bits per heavy atom. The summed E-state index contributed by atoms with van der Waals surface area (Å²) in [5.41, 5.74) is 1.42. The summed E-state index contributed by atoms with van der Waals surface area (Å²) in [6.07, 6.45) is 9.46. The van der Waals surface area contributed by atoms with Gasteiger partial charge in [0.05, 0.1) is 6.10 Å². The van der Waals surface area contributed by atoms with Gasteiger partial charge < -0.3 is 5.11 Å². The Labute approximate surface area is 67.4 Å². The lowest BCUT2D eigenvalue weighted by atomic mass is 9.74. The minimum atomic E-state index is -0.137. The third-order valence-electron chi connectivity index (χ3n) is 3.08. The van der Waals surface area contributed by atoms with Crippen molar-refractivity contribution in [1.29, 1.82) is 0 Å². The summed E-state index contributed by atoms with van der Waals surface area (Å²) in [5, 5.41) is 9.70. The molecule has 0 aromatic rings. The fraction of sp³-hybridized carbons (Fsp3) is 0.600. The summed E-state index contributed by atoms with van der Waals surface area (Å²) in [5.74, 6) is 0. The van der Waals surface area contributed by atoms with Gasteiger partial charge in [0.25, 0.3) is 0 Å². The molecule has 60 valence electrons. The average Bonchev–Trinajstić information content (AvgIpc) is 2.29. The van der Waals surface area contributed by atoms with Gasteiger partial charge in [-0.15, -0.1) is 0 Å². The molecule has 0 saturated heterocycles. The third kappa shape index (κ3) is 0.875. The van der Waals surface area contributed by atoms with Gasteiger partial charge in [0.15, 0.2) is 0 Å². The van der Waals surface area contributed by atoms with Crippen molar-refractivity contribution in [2.75, 3.05) is 0 Å². The van der Waals surface area contributed by atoms with E-state index < -0.39 is 0 Å². The zero-order valence-corrected chi connectivity index (χ0v) is 6.88. The standard InChI is InChI=1S/C10H14O/c1-10-7-3-2-4-8(10)5-6-9(10)11/h2,4-5,9,11H,3,6-7H2,1H3. The van der Waals surface area contributed by atoms with Gasteiger partial charge in [-0.3, -0.25) is 0 Å². The minimum Gasteiger partial charge on any atom is -0.392 e. The molecule has 2 aliphatic rings. The van der Waals surface area contributed by atoms with Crippen LogP contribution in [-0.2, 0) is 0 Å². The van der Waals surface area contributed by atoms with Crippen LogP contribution in [0.4, 0.5) is 0 Å². The minimum absolute atomic E-state index is 0.0781. The van der Waals surface area contributed by atoms with E-state index in [1.807, 2.05) is 0 Å². The van der Waals surface area contributed by atoms with Crippen LogP contribution in [0.1, 0.15) is 26.2 Å². The maximum atomic E-state index is 9.70. The number of allylic oxidation sites excluding steroid dienone is 2. The van der Waals surface area contributed by atoms with Crippen molar-refractivity contribution in [3.05, 3.63) is 23.8 Å². The van der Waals surface area contributed by atoms with E-state index in [4.69, 9.17) is 0 Å². The smallest absolute Gasteiger partial charge is 0.0668 e. The van der Waals surface area contributed by atoms with Crippen molar-refractivity contribution in [1.82, 2.24) is 0 Å². The Bertz CT molecular complexity index is 227. The molecular weight excluding hydrogens is 136 g/mol. The number of fused-ring (bicyclic) bond motifs is 1. The van der Waals surface area contributed by atoms with Crippen LogP contribution in [0.3, 0.4) is 0 Å². The molecule has 2 aliphatic carbocycles. The molecule has 0 aromatic heterocycles. The Morgan fingerprint density at radius 2 is 2.45 bits per heavy atom. The lowest BCUT2D eigenvalue weighted by Crippen LogP contribution is -2.30. The van der Waals surface area contributed by atoms with Gasteiger partial charge in [0.2, 0.25) is 0 Å². The van der Waals surface area contributed by atoms with E-state index in [9.17, 15) is 5.11 Å². The first-order valence-corrected chi connectivity index (χ1v) is 4.29. The van der Waals surface area contributed by atoms with E-state index in [0.29, 0.717) is 0 Å². The molecule has 11 heavy (non-hydrogen) atoms. The predicted molar refractivity (Wildman–Crippen MR) is 45.2 cm³/mol. The molecule has 0 heterocycles. The quantitative estimate of drug-likeness (QED) is 0.560. The lowest BCUT2D eigenvalue weighted by molar-refractivity contribution is 0.0735. The Balaban J connectivity index is 2.36. The van der Waals surface area contributed by atoms with Crippen LogP contribution >= 0.6 is 0 Å². The summed E-state index contributed by atoms with van der Waals surface area (Å²) in [7, 11) is 0. The molecule has 0 aromatic carbocycles.